The van der Waals surface area contributed by atoms with Crippen LogP contribution in [0.3, 0.4) is 0 Å². The summed E-state index contributed by atoms with van der Waals surface area (Å²) in [7, 11) is 0. The molecular weight excluding hydrogens is 552 g/mol. The van der Waals surface area contributed by atoms with Crippen molar-refractivity contribution >= 4 is 17.7 Å². The summed E-state index contributed by atoms with van der Waals surface area (Å²) in [6.07, 6.45) is -11.1. The number of hydrogen-bond donors (Lipinski definition) is 8. The summed E-state index contributed by atoms with van der Waals surface area (Å²) in [5.41, 5.74) is 0. The molecule has 2 fully saturated rings. The molecule has 2 heterocycles. The van der Waals surface area contributed by atoms with Crippen LogP contribution in [0.15, 0.2) is 0 Å². The number of ether oxygens (including phenoxy) is 4. The third-order valence-electron chi connectivity index (χ3n) is 7.14. The van der Waals surface area contributed by atoms with Crippen molar-refractivity contribution in [2.24, 2.45) is 11.8 Å². The minimum atomic E-state index is -1.73. The van der Waals surface area contributed by atoms with Gasteiger partial charge in [-0.1, -0.05) is 20.3 Å². The predicted molar refractivity (Wildman–Crippen MR) is 143 cm³/mol. The number of esters is 1. The zero-order valence-electron chi connectivity index (χ0n) is 23.2. The van der Waals surface area contributed by atoms with Gasteiger partial charge in [-0.05, 0) is 43.8 Å². The monoisotopic (exact) mass is 600 g/mol. The molecule has 2 rings (SSSR count). The molecule has 14 heteroatoms. The van der Waals surface area contributed by atoms with Crippen molar-refractivity contribution in [3.63, 3.8) is 0 Å². The fourth-order valence-electron chi connectivity index (χ4n) is 4.51. The van der Waals surface area contributed by atoms with E-state index in [1.807, 2.05) is 0 Å². The molecule has 0 saturated carbocycles. The first kappa shape index (κ1) is 35.6. The lowest BCUT2D eigenvalue weighted by molar-refractivity contribution is -0.373. The SMILES string of the molecule is CC(C)CCOC(=O)C(CCCCO)CCCSC[C@H]1O[C@H](O[C@H]2O[C@H](CO)[C@@H](O)[C@H](O)[C@H]2O)[C@H](O)[C@@H](O)[C@@H]1O. The zero-order chi connectivity index (χ0) is 29.8. The Morgan fingerprint density at radius 2 is 1.35 bits per heavy atom. The summed E-state index contributed by atoms with van der Waals surface area (Å²) in [6.45, 7) is 3.88. The number of carbonyl (C=O) groups excluding carboxylic acids is 1. The Balaban J connectivity index is 1.86. The molecule has 1 unspecified atom stereocenters. The van der Waals surface area contributed by atoms with Gasteiger partial charge in [0.05, 0.1) is 25.2 Å². The van der Waals surface area contributed by atoms with Crippen molar-refractivity contribution in [2.45, 2.75) is 114 Å². The fourth-order valence-corrected chi connectivity index (χ4v) is 5.55. The number of unbranched alkanes of at least 4 members (excludes halogenated alkanes) is 1. The molecule has 0 aromatic rings. The van der Waals surface area contributed by atoms with Gasteiger partial charge in [0.2, 0.25) is 0 Å². The van der Waals surface area contributed by atoms with E-state index >= 15 is 0 Å². The molecule has 0 radical (unpaired) electrons. The Hall–Kier alpha value is -0.620. The molecule has 40 heavy (non-hydrogen) atoms. The van der Waals surface area contributed by atoms with Gasteiger partial charge in [-0.2, -0.15) is 11.8 Å². The van der Waals surface area contributed by atoms with Crippen molar-refractivity contribution in [1.29, 1.82) is 0 Å². The van der Waals surface area contributed by atoms with Crippen LogP contribution in [0.2, 0.25) is 0 Å². The van der Waals surface area contributed by atoms with E-state index in [9.17, 15) is 40.5 Å². The highest BCUT2D eigenvalue weighted by atomic mass is 32.2. The maximum absolute atomic E-state index is 12.6. The van der Waals surface area contributed by atoms with Crippen LogP contribution in [-0.2, 0) is 23.7 Å². The van der Waals surface area contributed by atoms with Gasteiger partial charge in [0.15, 0.2) is 12.6 Å². The van der Waals surface area contributed by atoms with Crippen LogP contribution in [0.5, 0.6) is 0 Å². The van der Waals surface area contributed by atoms with Gasteiger partial charge in [-0.3, -0.25) is 4.79 Å². The maximum atomic E-state index is 12.6. The number of aliphatic hydroxyl groups is 8. The zero-order valence-corrected chi connectivity index (χ0v) is 24.1. The number of hydrogen-bond acceptors (Lipinski definition) is 14. The van der Waals surface area contributed by atoms with E-state index in [4.69, 9.17) is 24.1 Å². The smallest absolute Gasteiger partial charge is 0.308 e. The van der Waals surface area contributed by atoms with Crippen LogP contribution in [0.1, 0.15) is 52.4 Å². The third-order valence-corrected chi connectivity index (χ3v) is 8.28. The van der Waals surface area contributed by atoms with E-state index in [0.717, 1.165) is 6.42 Å². The first-order valence-electron chi connectivity index (χ1n) is 14.0. The van der Waals surface area contributed by atoms with Gasteiger partial charge in [0.25, 0.3) is 0 Å². The molecule has 0 aliphatic carbocycles. The van der Waals surface area contributed by atoms with E-state index in [0.29, 0.717) is 50.4 Å². The average molecular weight is 601 g/mol. The number of carbonyl (C=O) groups is 1. The van der Waals surface area contributed by atoms with Gasteiger partial charge in [0.1, 0.15) is 42.7 Å². The Labute approximate surface area is 239 Å². The Morgan fingerprint density at radius 3 is 1.93 bits per heavy atom. The summed E-state index contributed by atoms with van der Waals surface area (Å²) >= 11 is 1.41. The fraction of sp³-hybridized carbons (Fsp3) is 0.962. The molecule has 8 N–H and O–H groups in total. The van der Waals surface area contributed by atoms with Crippen molar-refractivity contribution in [3.05, 3.63) is 0 Å². The second-order valence-corrected chi connectivity index (χ2v) is 12.0. The van der Waals surface area contributed by atoms with Gasteiger partial charge in [0, 0.05) is 12.4 Å². The van der Waals surface area contributed by atoms with Crippen LogP contribution in [0.4, 0.5) is 0 Å². The van der Waals surface area contributed by atoms with Crippen LogP contribution in [0, 0.1) is 11.8 Å². The van der Waals surface area contributed by atoms with Gasteiger partial charge in [-0.15, -0.1) is 0 Å². The van der Waals surface area contributed by atoms with Crippen LogP contribution >= 0.6 is 11.8 Å². The highest BCUT2D eigenvalue weighted by Crippen LogP contribution is 2.29. The largest absolute Gasteiger partial charge is 0.465 e. The molecule has 0 amide bonds. The van der Waals surface area contributed by atoms with E-state index in [1.54, 1.807) is 0 Å². The standard InChI is InChI=1S/C26H48O13S/c1-14(2)8-10-36-24(35)15(6-3-4-9-27)7-5-11-40-13-17-19(30)21(32)23(34)26(38-17)39-25-22(33)20(31)18(29)16(12-28)37-25/h14-23,25-34H,3-13H2,1-2H3/t15?,16-,17-,18-,19-,20+,21+,22-,23-,25-,26-/m1/s1. The summed E-state index contributed by atoms with van der Waals surface area (Å²) in [5.74, 6) is 0.743. The highest BCUT2D eigenvalue weighted by molar-refractivity contribution is 7.99. The highest BCUT2D eigenvalue weighted by Gasteiger charge is 2.49. The molecule has 0 aromatic heterocycles. The Kier molecular flexibility index (Phi) is 16.1. The summed E-state index contributed by atoms with van der Waals surface area (Å²) in [5, 5.41) is 79.7. The summed E-state index contributed by atoms with van der Waals surface area (Å²) in [6, 6.07) is 0. The molecule has 0 bridgehead atoms. The number of aliphatic hydroxyl groups excluding tert-OH is 8. The molecule has 2 aliphatic heterocycles. The van der Waals surface area contributed by atoms with Crippen LogP contribution in [-0.4, -0.2) is 140 Å². The molecule has 236 valence electrons. The lowest BCUT2D eigenvalue weighted by Crippen LogP contribution is -2.63. The maximum Gasteiger partial charge on any atom is 0.308 e. The average Bonchev–Trinajstić information content (AvgIpc) is 2.92. The molecule has 0 spiro atoms. The van der Waals surface area contributed by atoms with Crippen molar-refractivity contribution < 1.29 is 64.6 Å². The van der Waals surface area contributed by atoms with Gasteiger partial charge >= 0.3 is 5.97 Å². The van der Waals surface area contributed by atoms with Crippen molar-refractivity contribution in [1.82, 2.24) is 0 Å². The molecule has 13 nitrogen and oxygen atoms in total. The quantitative estimate of drug-likeness (QED) is 0.0704. The number of thioether (sulfide) groups is 1. The normalized spacial score (nSPS) is 35.6. The van der Waals surface area contributed by atoms with Crippen molar-refractivity contribution in [2.75, 3.05) is 31.3 Å². The molecule has 2 saturated heterocycles. The molecular formula is C26H48O13S. The Bertz CT molecular complexity index is 714. The van der Waals surface area contributed by atoms with Crippen LogP contribution < -0.4 is 0 Å². The third kappa shape index (κ3) is 10.6. The minimum Gasteiger partial charge on any atom is -0.465 e. The van der Waals surface area contributed by atoms with Crippen molar-refractivity contribution in [3.8, 4) is 0 Å². The summed E-state index contributed by atoms with van der Waals surface area (Å²) < 4.78 is 21.8. The van der Waals surface area contributed by atoms with E-state index in [1.165, 1.54) is 11.8 Å². The lowest BCUT2D eigenvalue weighted by atomic mass is 9.97. The first-order valence-corrected chi connectivity index (χ1v) is 15.2. The first-order chi connectivity index (χ1) is 19.0. The molecule has 11 atom stereocenters. The van der Waals surface area contributed by atoms with Gasteiger partial charge < -0.3 is 59.8 Å². The van der Waals surface area contributed by atoms with Gasteiger partial charge in [-0.25, -0.2) is 0 Å². The number of rotatable bonds is 17. The Morgan fingerprint density at radius 1 is 0.775 bits per heavy atom. The molecule has 0 aromatic carbocycles. The van der Waals surface area contributed by atoms with E-state index in [2.05, 4.69) is 13.8 Å². The minimum absolute atomic E-state index is 0.0658. The van der Waals surface area contributed by atoms with E-state index in [-0.39, 0.29) is 24.2 Å². The van der Waals surface area contributed by atoms with E-state index < -0.39 is 68.0 Å². The lowest BCUT2D eigenvalue weighted by Gasteiger charge is -2.44. The van der Waals surface area contributed by atoms with Crippen LogP contribution in [0.25, 0.3) is 0 Å². The second-order valence-electron chi connectivity index (χ2n) is 10.8. The topological polar surface area (TPSA) is 216 Å². The second kappa shape index (κ2) is 18.1. The predicted octanol–water partition coefficient (Wildman–Crippen LogP) is -1.51. The summed E-state index contributed by atoms with van der Waals surface area (Å²) in [4.78, 5) is 12.6. The molecule has 2 aliphatic rings.